The summed E-state index contributed by atoms with van der Waals surface area (Å²) in [4.78, 5) is -0.0773. The van der Waals surface area contributed by atoms with Crippen LogP contribution in [0.5, 0.6) is 11.5 Å². The number of benzene rings is 2. The Morgan fingerprint density at radius 2 is 1.92 bits per heavy atom. The first-order valence-electron chi connectivity index (χ1n) is 7.62. The standard InChI is InChI=1S/C18H19Cl2NO4S/c1-4-10-25-14-7-5-6-13(11-14)12-21(2)26(22,23)16-9-8-15(24-3)17(19)18(16)20/h4-9,11H,1,10,12H2,2-3H3. The van der Waals surface area contributed by atoms with Crippen molar-refractivity contribution in [1.29, 1.82) is 0 Å². The van der Waals surface area contributed by atoms with Gasteiger partial charge in [-0.3, -0.25) is 0 Å². The van der Waals surface area contributed by atoms with E-state index in [9.17, 15) is 8.42 Å². The van der Waals surface area contributed by atoms with Gasteiger partial charge in [0, 0.05) is 13.6 Å². The van der Waals surface area contributed by atoms with Crippen LogP contribution < -0.4 is 9.47 Å². The number of rotatable bonds is 8. The number of sulfonamides is 1. The molecule has 0 N–H and O–H groups in total. The van der Waals surface area contributed by atoms with E-state index in [1.165, 1.54) is 30.6 Å². The third-order valence-corrected chi connectivity index (χ3v) is 6.41. The van der Waals surface area contributed by atoms with Gasteiger partial charge in [-0.25, -0.2) is 8.42 Å². The van der Waals surface area contributed by atoms with Crippen molar-refractivity contribution in [1.82, 2.24) is 4.31 Å². The van der Waals surface area contributed by atoms with E-state index < -0.39 is 10.0 Å². The highest BCUT2D eigenvalue weighted by atomic mass is 35.5. The summed E-state index contributed by atoms with van der Waals surface area (Å²) in [6, 6.07) is 10.0. The van der Waals surface area contributed by atoms with E-state index >= 15 is 0 Å². The number of methoxy groups -OCH3 is 1. The minimum absolute atomic E-state index is 0.0588. The van der Waals surface area contributed by atoms with Gasteiger partial charge in [-0.15, -0.1) is 0 Å². The first-order valence-corrected chi connectivity index (χ1v) is 9.81. The van der Waals surface area contributed by atoms with Crippen molar-refractivity contribution >= 4 is 33.2 Å². The molecule has 0 saturated carbocycles. The van der Waals surface area contributed by atoms with E-state index in [4.69, 9.17) is 32.7 Å². The minimum atomic E-state index is -3.84. The van der Waals surface area contributed by atoms with Crippen LogP contribution in [0.15, 0.2) is 53.9 Å². The van der Waals surface area contributed by atoms with Gasteiger partial charge in [-0.1, -0.05) is 48.0 Å². The molecule has 2 aromatic rings. The second-order valence-corrected chi connectivity index (χ2v) is 8.17. The molecule has 0 radical (unpaired) electrons. The largest absolute Gasteiger partial charge is 0.495 e. The average Bonchev–Trinajstić information content (AvgIpc) is 2.62. The lowest BCUT2D eigenvalue weighted by atomic mass is 10.2. The molecule has 26 heavy (non-hydrogen) atoms. The van der Waals surface area contributed by atoms with Crippen LogP contribution >= 0.6 is 23.2 Å². The fraction of sp³-hybridized carbons (Fsp3) is 0.222. The van der Waals surface area contributed by atoms with Gasteiger partial charge < -0.3 is 9.47 Å². The molecule has 0 unspecified atom stereocenters. The highest BCUT2D eigenvalue weighted by molar-refractivity contribution is 7.89. The molecule has 0 aliphatic heterocycles. The number of ether oxygens (including phenoxy) is 2. The Balaban J connectivity index is 2.27. The highest BCUT2D eigenvalue weighted by Crippen LogP contribution is 2.37. The summed E-state index contributed by atoms with van der Waals surface area (Å²) in [5.41, 5.74) is 0.772. The predicted octanol–water partition coefficient (Wildman–Crippen LogP) is 4.39. The molecule has 0 aliphatic rings. The molecular formula is C18H19Cl2NO4S. The Bertz CT molecular complexity index is 900. The van der Waals surface area contributed by atoms with Gasteiger partial charge in [0.2, 0.25) is 10.0 Å². The van der Waals surface area contributed by atoms with Crippen molar-refractivity contribution in [3.63, 3.8) is 0 Å². The molecule has 0 amide bonds. The number of hydrogen-bond donors (Lipinski definition) is 0. The summed E-state index contributed by atoms with van der Waals surface area (Å²) >= 11 is 12.2. The fourth-order valence-corrected chi connectivity index (χ4v) is 4.24. The molecule has 0 saturated heterocycles. The molecule has 0 atom stereocenters. The Kier molecular flexibility index (Phi) is 6.94. The van der Waals surface area contributed by atoms with Gasteiger partial charge >= 0.3 is 0 Å². The molecule has 0 fully saturated rings. The monoisotopic (exact) mass is 415 g/mol. The van der Waals surface area contributed by atoms with E-state index in [1.807, 2.05) is 6.07 Å². The first-order chi connectivity index (χ1) is 12.3. The van der Waals surface area contributed by atoms with Gasteiger partial charge in [-0.2, -0.15) is 4.31 Å². The lowest BCUT2D eigenvalue weighted by Crippen LogP contribution is -2.26. The molecule has 0 spiro atoms. The summed E-state index contributed by atoms with van der Waals surface area (Å²) in [6.07, 6.45) is 1.64. The number of nitrogens with zero attached hydrogens (tertiary/aromatic N) is 1. The molecule has 5 nitrogen and oxygen atoms in total. The Morgan fingerprint density at radius 1 is 1.19 bits per heavy atom. The van der Waals surface area contributed by atoms with Crippen molar-refractivity contribution in [3.8, 4) is 11.5 Å². The van der Waals surface area contributed by atoms with Crippen LogP contribution in [0.3, 0.4) is 0 Å². The van der Waals surface area contributed by atoms with Crippen LogP contribution in [0.1, 0.15) is 5.56 Å². The van der Waals surface area contributed by atoms with Crippen LogP contribution in [0.4, 0.5) is 0 Å². The second-order valence-electron chi connectivity index (χ2n) is 5.40. The molecule has 2 rings (SSSR count). The molecule has 0 heterocycles. The van der Waals surface area contributed by atoms with E-state index in [-0.39, 0.29) is 21.5 Å². The predicted molar refractivity (Wildman–Crippen MR) is 104 cm³/mol. The summed E-state index contributed by atoms with van der Waals surface area (Å²) in [5.74, 6) is 0.948. The van der Waals surface area contributed by atoms with Crippen LogP contribution in [0.25, 0.3) is 0 Å². The van der Waals surface area contributed by atoms with Crippen LogP contribution in [-0.4, -0.2) is 33.5 Å². The van der Waals surface area contributed by atoms with Crippen molar-refractivity contribution in [3.05, 3.63) is 64.7 Å². The zero-order chi connectivity index (χ0) is 19.3. The molecule has 0 aromatic heterocycles. The molecular weight excluding hydrogens is 397 g/mol. The highest BCUT2D eigenvalue weighted by Gasteiger charge is 2.26. The molecule has 0 bridgehead atoms. The second kappa shape index (κ2) is 8.77. The average molecular weight is 416 g/mol. The lowest BCUT2D eigenvalue weighted by Gasteiger charge is -2.19. The summed E-state index contributed by atoms with van der Waals surface area (Å²) < 4.78 is 37.4. The SMILES string of the molecule is C=CCOc1cccc(CN(C)S(=O)(=O)c2ccc(OC)c(Cl)c2Cl)c1. The first kappa shape index (κ1) is 20.6. The number of hydrogen-bond acceptors (Lipinski definition) is 4. The van der Waals surface area contributed by atoms with Crippen molar-refractivity contribution in [2.24, 2.45) is 0 Å². The third kappa shape index (κ3) is 4.51. The van der Waals surface area contributed by atoms with Gasteiger partial charge in [-0.05, 0) is 29.8 Å². The van der Waals surface area contributed by atoms with Crippen LogP contribution in [0, 0.1) is 0 Å². The smallest absolute Gasteiger partial charge is 0.244 e. The van der Waals surface area contributed by atoms with Crippen molar-refractivity contribution in [2.75, 3.05) is 20.8 Å². The summed E-state index contributed by atoms with van der Waals surface area (Å²) in [6.45, 7) is 4.11. The minimum Gasteiger partial charge on any atom is -0.495 e. The molecule has 0 aliphatic carbocycles. The zero-order valence-corrected chi connectivity index (χ0v) is 16.7. The zero-order valence-electron chi connectivity index (χ0n) is 14.4. The van der Waals surface area contributed by atoms with Crippen LogP contribution in [-0.2, 0) is 16.6 Å². The fourth-order valence-electron chi connectivity index (χ4n) is 2.27. The molecule has 2 aromatic carbocycles. The van der Waals surface area contributed by atoms with Crippen molar-refractivity contribution in [2.45, 2.75) is 11.4 Å². The normalized spacial score (nSPS) is 11.4. The van der Waals surface area contributed by atoms with Crippen LogP contribution in [0.2, 0.25) is 10.0 Å². The van der Waals surface area contributed by atoms with E-state index in [2.05, 4.69) is 6.58 Å². The van der Waals surface area contributed by atoms with Gasteiger partial charge in [0.1, 0.15) is 28.0 Å². The quantitative estimate of drug-likeness (QED) is 0.599. The Morgan fingerprint density at radius 3 is 2.58 bits per heavy atom. The summed E-state index contributed by atoms with van der Waals surface area (Å²) in [5, 5.41) is -0.00982. The van der Waals surface area contributed by atoms with Gasteiger partial charge in [0.25, 0.3) is 0 Å². The van der Waals surface area contributed by atoms with Gasteiger partial charge in [0.05, 0.1) is 12.1 Å². The lowest BCUT2D eigenvalue weighted by molar-refractivity contribution is 0.362. The number of halogens is 2. The van der Waals surface area contributed by atoms with Crippen molar-refractivity contribution < 1.29 is 17.9 Å². The third-order valence-electron chi connectivity index (χ3n) is 3.59. The Labute approximate surface area is 163 Å². The maximum absolute atomic E-state index is 12.9. The maximum Gasteiger partial charge on any atom is 0.244 e. The van der Waals surface area contributed by atoms with E-state index in [1.54, 1.807) is 24.3 Å². The maximum atomic E-state index is 12.9. The van der Waals surface area contributed by atoms with E-state index in [0.717, 1.165) is 5.56 Å². The van der Waals surface area contributed by atoms with E-state index in [0.29, 0.717) is 18.1 Å². The Hall–Kier alpha value is -1.73. The molecule has 140 valence electrons. The summed E-state index contributed by atoms with van der Waals surface area (Å²) in [7, 11) is -0.938. The van der Waals surface area contributed by atoms with Gasteiger partial charge in [0.15, 0.2) is 0 Å². The molecule has 8 heteroatoms. The topological polar surface area (TPSA) is 55.8 Å².